The van der Waals surface area contributed by atoms with Crippen LogP contribution in [0.5, 0.6) is 0 Å². The average molecular weight is 275 g/mol. The summed E-state index contributed by atoms with van der Waals surface area (Å²) in [4.78, 5) is 13.7. The summed E-state index contributed by atoms with van der Waals surface area (Å²) in [5.74, 6) is 2.10. The highest BCUT2D eigenvalue weighted by atomic mass is 15.3. The predicted molar refractivity (Wildman–Crippen MR) is 81.7 cm³/mol. The zero-order valence-corrected chi connectivity index (χ0v) is 12.2. The van der Waals surface area contributed by atoms with Crippen molar-refractivity contribution in [2.75, 3.05) is 43.4 Å². The Bertz CT molecular complexity index is 430. The average Bonchev–Trinajstić information content (AvgIpc) is 2.49. The molecule has 0 spiro atoms. The van der Waals surface area contributed by atoms with Crippen molar-refractivity contribution < 1.29 is 0 Å². The molecule has 3 rings (SSSR count). The minimum absolute atomic E-state index is 0.563. The van der Waals surface area contributed by atoms with Gasteiger partial charge < -0.3 is 15.5 Å². The highest BCUT2D eigenvalue weighted by molar-refractivity contribution is 5.38. The molecular formula is C15H25N5. The molecular weight excluding hydrogens is 250 g/mol. The third-order valence-corrected chi connectivity index (χ3v) is 4.43. The third-order valence-electron chi connectivity index (χ3n) is 4.43. The highest BCUT2D eigenvalue weighted by Crippen LogP contribution is 2.22. The Morgan fingerprint density at radius 2 is 2.00 bits per heavy atom. The monoisotopic (exact) mass is 275 g/mol. The summed E-state index contributed by atoms with van der Waals surface area (Å²) in [6, 6.07) is 1.75. The summed E-state index contributed by atoms with van der Waals surface area (Å²) in [6.45, 7) is 5.93. The molecule has 0 aromatic carbocycles. The summed E-state index contributed by atoms with van der Waals surface area (Å²) < 4.78 is 0. The molecule has 110 valence electrons. The van der Waals surface area contributed by atoms with E-state index in [0.717, 1.165) is 25.0 Å². The predicted octanol–water partition coefficient (Wildman–Crippen LogP) is 1.76. The molecule has 1 aromatic heterocycles. The molecule has 2 aliphatic rings. The fourth-order valence-electron chi connectivity index (χ4n) is 3.42. The SMILES string of the molecule is Nc1ccnc(N2CCC[C@H](CN3CCCCC3)C2)n1. The standard InChI is InChI=1S/C15H25N5/c16-14-6-7-17-15(18-14)20-10-4-5-13(12-20)11-19-8-2-1-3-9-19/h6-7,13H,1-5,8-12H2,(H2,16,17,18)/t13-/m1/s1. The van der Waals surface area contributed by atoms with E-state index < -0.39 is 0 Å². The van der Waals surface area contributed by atoms with Gasteiger partial charge in [0.25, 0.3) is 0 Å². The number of hydrogen-bond acceptors (Lipinski definition) is 5. The van der Waals surface area contributed by atoms with Gasteiger partial charge in [-0.1, -0.05) is 6.42 Å². The number of piperidine rings is 2. The Hall–Kier alpha value is -1.36. The summed E-state index contributed by atoms with van der Waals surface area (Å²) in [5.41, 5.74) is 5.76. The van der Waals surface area contributed by atoms with Gasteiger partial charge in [-0.15, -0.1) is 0 Å². The molecule has 2 saturated heterocycles. The smallest absolute Gasteiger partial charge is 0.227 e. The van der Waals surface area contributed by atoms with Crippen LogP contribution in [-0.2, 0) is 0 Å². The van der Waals surface area contributed by atoms with E-state index in [2.05, 4.69) is 19.8 Å². The zero-order valence-electron chi connectivity index (χ0n) is 12.2. The van der Waals surface area contributed by atoms with Crippen LogP contribution < -0.4 is 10.6 Å². The summed E-state index contributed by atoms with van der Waals surface area (Å²) in [6.07, 6.45) is 8.46. The molecule has 0 radical (unpaired) electrons. The minimum Gasteiger partial charge on any atom is -0.384 e. The van der Waals surface area contributed by atoms with Crippen LogP contribution in [0, 0.1) is 5.92 Å². The van der Waals surface area contributed by atoms with Gasteiger partial charge in [0.1, 0.15) is 5.82 Å². The van der Waals surface area contributed by atoms with Crippen LogP contribution in [0.2, 0.25) is 0 Å². The van der Waals surface area contributed by atoms with Crippen molar-refractivity contribution in [2.45, 2.75) is 32.1 Å². The molecule has 0 aliphatic carbocycles. The maximum absolute atomic E-state index is 5.76. The second kappa shape index (κ2) is 6.39. The van der Waals surface area contributed by atoms with Crippen LogP contribution in [0.4, 0.5) is 11.8 Å². The lowest BCUT2D eigenvalue weighted by atomic mass is 9.96. The molecule has 5 nitrogen and oxygen atoms in total. The van der Waals surface area contributed by atoms with Gasteiger partial charge >= 0.3 is 0 Å². The number of anilines is 2. The zero-order chi connectivity index (χ0) is 13.8. The van der Waals surface area contributed by atoms with Crippen molar-refractivity contribution in [3.05, 3.63) is 12.3 Å². The van der Waals surface area contributed by atoms with Crippen molar-refractivity contribution in [1.82, 2.24) is 14.9 Å². The normalized spacial score (nSPS) is 24.8. The molecule has 1 aromatic rings. The van der Waals surface area contributed by atoms with E-state index in [1.54, 1.807) is 12.3 Å². The second-order valence-corrected chi connectivity index (χ2v) is 6.10. The van der Waals surface area contributed by atoms with Gasteiger partial charge in [-0.3, -0.25) is 0 Å². The maximum Gasteiger partial charge on any atom is 0.227 e. The van der Waals surface area contributed by atoms with E-state index in [1.807, 2.05) is 0 Å². The van der Waals surface area contributed by atoms with Crippen molar-refractivity contribution in [2.24, 2.45) is 5.92 Å². The summed E-state index contributed by atoms with van der Waals surface area (Å²) in [7, 11) is 0. The molecule has 0 unspecified atom stereocenters. The lowest BCUT2D eigenvalue weighted by Crippen LogP contribution is -2.43. The number of nitrogens with two attached hydrogens (primary N) is 1. The van der Waals surface area contributed by atoms with Gasteiger partial charge in [-0.25, -0.2) is 4.98 Å². The van der Waals surface area contributed by atoms with Crippen LogP contribution in [-0.4, -0.2) is 47.6 Å². The van der Waals surface area contributed by atoms with Crippen LogP contribution >= 0.6 is 0 Å². The fraction of sp³-hybridized carbons (Fsp3) is 0.733. The van der Waals surface area contributed by atoms with Gasteiger partial charge in [-0.05, 0) is 50.8 Å². The number of aromatic nitrogens is 2. The van der Waals surface area contributed by atoms with E-state index in [-0.39, 0.29) is 0 Å². The second-order valence-electron chi connectivity index (χ2n) is 6.10. The Morgan fingerprint density at radius 1 is 1.15 bits per heavy atom. The van der Waals surface area contributed by atoms with Crippen LogP contribution in [0.1, 0.15) is 32.1 Å². The van der Waals surface area contributed by atoms with Crippen molar-refractivity contribution >= 4 is 11.8 Å². The quantitative estimate of drug-likeness (QED) is 0.911. The lowest BCUT2D eigenvalue weighted by Gasteiger charge is -2.36. The first-order valence-electron chi connectivity index (χ1n) is 7.87. The third kappa shape index (κ3) is 3.39. The first-order chi connectivity index (χ1) is 9.81. The molecule has 2 fully saturated rings. The Labute approximate surface area is 121 Å². The maximum atomic E-state index is 5.76. The largest absolute Gasteiger partial charge is 0.384 e. The van der Waals surface area contributed by atoms with Gasteiger partial charge in [-0.2, -0.15) is 4.98 Å². The Kier molecular flexibility index (Phi) is 4.35. The lowest BCUT2D eigenvalue weighted by molar-refractivity contribution is 0.185. The molecule has 0 bridgehead atoms. The number of likely N-dealkylation sites (tertiary alicyclic amines) is 1. The number of nitrogen functional groups attached to an aromatic ring is 1. The number of nitrogens with zero attached hydrogens (tertiary/aromatic N) is 4. The molecule has 1 atom stereocenters. The Morgan fingerprint density at radius 3 is 2.80 bits per heavy atom. The first kappa shape index (κ1) is 13.6. The molecule has 0 saturated carbocycles. The van der Waals surface area contributed by atoms with Crippen molar-refractivity contribution in [3.63, 3.8) is 0 Å². The van der Waals surface area contributed by atoms with E-state index in [1.165, 1.54) is 51.7 Å². The summed E-state index contributed by atoms with van der Waals surface area (Å²) in [5, 5.41) is 0. The van der Waals surface area contributed by atoms with Gasteiger partial charge in [0.2, 0.25) is 5.95 Å². The first-order valence-corrected chi connectivity index (χ1v) is 7.87. The highest BCUT2D eigenvalue weighted by Gasteiger charge is 2.24. The van der Waals surface area contributed by atoms with E-state index in [4.69, 9.17) is 5.73 Å². The topological polar surface area (TPSA) is 58.3 Å². The van der Waals surface area contributed by atoms with Crippen molar-refractivity contribution in [1.29, 1.82) is 0 Å². The molecule has 20 heavy (non-hydrogen) atoms. The van der Waals surface area contributed by atoms with E-state index in [0.29, 0.717) is 5.82 Å². The molecule has 2 N–H and O–H groups in total. The molecule has 5 heteroatoms. The summed E-state index contributed by atoms with van der Waals surface area (Å²) >= 11 is 0. The molecule has 2 aliphatic heterocycles. The van der Waals surface area contributed by atoms with Crippen LogP contribution in [0.3, 0.4) is 0 Å². The van der Waals surface area contributed by atoms with Gasteiger partial charge in [0.15, 0.2) is 0 Å². The van der Waals surface area contributed by atoms with Crippen LogP contribution in [0.25, 0.3) is 0 Å². The molecule has 0 amide bonds. The number of rotatable bonds is 3. The van der Waals surface area contributed by atoms with E-state index in [9.17, 15) is 0 Å². The number of hydrogen-bond donors (Lipinski definition) is 1. The Balaban J connectivity index is 1.58. The van der Waals surface area contributed by atoms with Crippen molar-refractivity contribution in [3.8, 4) is 0 Å². The minimum atomic E-state index is 0.563. The van der Waals surface area contributed by atoms with E-state index >= 15 is 0 Å². The van der Waals surface area contributed by atoms with Gasteiger partial charge in [0.05, 0.1) is 0 Å². The van der Waals surface area contributed by atoms with Crippen LogP contribution in [0.15, 0.2) is 12.3 Å². The fourth-order valence-corrected chi connectivity index (χ4v) is 3.42. The molecule has 3 heterocycles. The van der Waals surface area contributed by atoms with Gasteiger partial charge in [0, 0.05) is 25.8 Å².